The minimum atomic E-state index is -4.76. The quantitative estimate of drug-likeness (QED) is 0.825. The van der Waals surface area contributed by atoms with Gasteiger partial charge in [-0.05, 0) is 18.9 Å². The first-order chi connectivity index (χ1) is 9.01. The average molecular weight is 271 g/mol. The Balaban J connectivity index is 2.31. The third-order valence-electron chi connectivity index (χ3n) is 2.94. The van der Waals surface area contributed by atoms with Gasteiger partial charge < -0.3 is 9.47 Å². The Morgan fingerprint density at radius 2 is 2.05 bits per heavy atom. The molecule has 102 valence electrons. The predicted octanol–water partition coefficient (Wildman–Crippen LogP) is 3.58. The van der Waals surface area contributed by atoms with Crippen LogP contribution in [0.1, 0.15) is 24.5 Å². The van der Waals surface area contributed by atoms with Crippen molar-refractivity contribution in [1.29, 1.82) is 5.26 Å². The van der Waals surface area contributed by atoms with Gasteiger partial charge in [-0.1, -0.05) is 18.2 Å². The first kappa shape index (κ1) is 13.7. The summed E-state index contributed by atoms with van der Waals surface area (Å²) in [6.45, 7) is 0.434. The highest BCUT2D eigenvalue weighted by Crippen LogP contribution is 2.39. The Hall–Kier alpha value is -1.74. The van der Waals surface area contributed by atoms with E-state index in [2.05, 4.69) is 10.8 Å². The van der Waals surface area contributed by atoms with Crippen molar-refractivity contribution < 1.29 is 22.6 Å². The summed E-state index contributed by atoms with van der Waals surface area (Å²) in [5.74, 6) is -0.756. The zero-order valence-corrected chi connectivity index (χ0v) is 9.98. The number of rotatable bonds is 2. The van der Waals surface area contributed by atoms with E-state index in [1.54, 1.807) is 6.07 Å². The van der Waals surface area contributed by atoms with E-state index in [1.807, 2.05) is 0 Å². The molecule has 0 amide bonds. The largest absolute Gasteiger partial charge is 0.573 e. The van der Waals surface area contributed by atoms with Gasteiger partial charge in [0.05, 0.1) is 12.0 Å². The second kappa shape index (κ2) is 5.49. The summed E-state index contributed by atoms with van der Waals surface area (Å²) < 4.78 is 46.5. The first-order valence-corrected chi connectivity index (χ1v) is 5.87. The summed E-state index contributed by atoms with van der Waals surface area (Å²) in [7, 11) is 0. The molecule has 0 saturated carbocycles. The fourth-order valence-electron chi connectivity index (χ4n) is 2.15. The number of nitrogens with zero attached hydrogens (tertiary/aromatic N) is 1. The van der Waals surface area contributed by atoms with E-state index in [1.165, 1.54) is 18.2 Å². The Bertz CT molecular complexity index is 482. The molecule has 2 atom stereocenters. The van der Waals surface area contributed by atoms with E-state index in [0.29, 0.717) is 13.0 Å². The van der Waals surface area contributed by atoms with Gasteiger partial charge in [-0.3, -0.25) is 0 Å². The van der Waals surface area contributed by atoms with Gasteiger partial charge in [-0.15, -0.1) is 13.2 Å². The monoisotopic (exact) mass is 271 g/mol. The van der Waals surface area contributed by atoms with Crippen molar-refractivity contribution in [1.82, 2.24) is 0 Å². The molecule has 19 heavy (non-hydrogen) atoms. The van der Waals surface area contributed by atoms with Gasteiger partial charge in [0.25, 0.3) is 0 Å². The fraction of sp³-hybridized carbons (Fsp3) is 0.462. The minimum Gasteiger partial charge on any atom is -0.405 e. The number of para-hydroxylation sites is 1. The standard InChI is InChI=1S/C13H12F3NO2/c14-13(15,16)19-11-6-2-1-5-10(11)12-9(8-17)4-3-7-18-12/h1-2,5-6,9,12H,3-4,7H2. The number of benzene rings is 1. The maximum absolute atomic E-state index is 12.3. The van der Waals surface area contributed by atoms with Crippen LogP contribution in [-0.2, 0) is 4.74 Å². The number of hydrogen-bond donors (Lipinski definition) is 0. The third-order valence-corrected chi connectivity index (χ3v) is 2.94. The van der Waals surface area contributed by atoms with Gasteiger partial charge in [0.1, 0.15) is 11.9 Å². The summed E-state index contributed by atoms with van der Waals surface area (Å²) in [5.41, 5.74) is 0.270. The van der Waals surface area contributed by atoms with Crippen LogP contribution in [0.5, 0.6) is 5.75 Å². The minimum absolute atomic E-state index is 0.270. The van der Waals surface area contributed by atoms with Crippen LogP contribution in [0, 0.1) is 17.2 Å². The number of hydrogen-bond acceptors (Lipinski definition) is 3. The van der Waals surface area contributed by atoms with Crippen LogP contribution in [-0.4, -0.2) is 13.0 Å². The molecule has 1 aromatic carbocycles. The molecule has 0 aliphatic carbocycles. The van der Waals surface area contributed by atoms with Crippen molar-refractivity contribution >= 4 is 0 Å². The van der Waals surface area contributed by atoms with E-state index in [4.69, 9.17) is 10.00 Å². The molecule has 1 aromatic rings. The van der Waals surface area contributed by atoms with Crippen LogP contribution in [0.4, 0.5) is 13.2 Å². The van der Waals surface area contributed by atoms with Crippen LogP contribution in [0.2, 0.25) is 0 Å². The van der Waals surface area contributed by atoms with Crippen molar-refractivity contribution in [3.63, 3.8) is 0 Å². The van der Waals surface area contributed by atoms with Crippen LogP contribution < -0.4 is 4.74 Å². The second-order valence-electron chi connectivity index (χ2n) is 4.25. The van der Waals surface area contributed by atoms with Crippen molar-refractivity contribution in [2.45, 2.75) is 25.3 Å². The smallest absolute Gasteiger partial charge is 0.405 e. The molecule has 0 N–H and O–H groups in total. The molecule has 0 aromatic heterocycles. The lowest BCUT2D eigenvalue weighted by Crippen LogP contribution is -2.24. The summed E-state index contributed by atoms with van der Waals surface area (Å²) in [4.78, 5) is 0. The lowest BCUT2D eigenvalue weighted by molar-refractivity contribution is -0.275. The molecule has 0 bridgehead atoms. The highest BCUT2D eigenvalue weighted by molar-refractivity contribution is 5.36. The van der Waals surface area contributed by atoms with Crippen molar-refractivity contribution in [3.05, 3.63) is 29.8 Å². The van der Waals surface area contributed by atoms with Gasteiger partial charge in [0.2, 0.25) is 0 Å². The number of alkyl halides is 3. The van der Waals surface area contributed by atoms with E-state index >= 15 is 0 Å². The average Bonchev–Trinajstić information content (AvgIpc) is 2.37. The highest BCUT2D eigenvalue weighted by Gasteiger charge is 2.35. The van der Waals surface area contributed by atoms with Crippen LogP contribution >= 0.6 is 0 Å². The SMILES string of the molecule is N#CC1CCCOC1c1ccccc1OC(F)(F)F. The summed E-state index contributed by atoms with van der Waals surface area (Å²) >= 11 is 0. The van der Waals surface area contributed by atoms with Crippen molar-refractivity contribution in [3.8, 4) is 11.8 Å². The Labute approximate surface area is 108 Å². The summed E-state index contributed by atoms with van der Waals surface area (Å²) in [6.07, 6.45) is -4.08. The molecule has 0 spiro atoms. The maximum atomic E-state index is 12.3. The molecule has 1 aliphatic heterocycles. The molecule has 2 rings (SSSR count). The van der Waals surface area contributed by atoms with Crippen LogP contribution in [0.3, 0.4) is 0 Å². The van der Waals surface area contributed by atoms with Crippen molar-refractivity contribution in [2.24, 2.45) is 5.92 Å². The zero-order chi connectivity index (χ0) is 13.9. The molecule has 6 heteroatoms. The fourth-order valence-corrected chi connectivity index (χ4v) is 2.15. The molecule has 1 fully saturated rings. The Morgan fingerprint density at radius 3 is 2.74 bits per heavy atom. The molecule has 2 unspecified atom stereocenters. The van der Waals surface area contributed by atoms with Gasteiger partial charge in [-0.25, -0.2) is 0 Å². The summed E-state index contributed by atoms with van der Waals surface area (Å²) in [5, 5.41) is 9.05. The van der Waals surface area contributed by atoms with Crippen molar-refractivity contribution in [2.75, 3.05) is 6.61 Å². The number of halogens is 3. The normalized spacial score (nSPS) is 23.7. The van der Waals surface area contributed by atoms with Crippen LogP contribution in [0.25, 0.3) is 0 Å². The molecule has 3 nitrogen and oxygen atoms in total. The molecule has 0 radical (unpaired) electrons. The van der Waals surface area contributed by atoms with Gasteiger partial charge in [0, 0.05) is 12.2 Å². The van der Waals surface area contributed by atoms with E-state index < -0.39 is 18.4 Å². The van der Waals surface area contributed by atoms with Gasteiger partial charge in [0.15, 0.2) is 0 Å². The Kier molecular flexibility index (Phi) is 3.96. The van der Waals surface area contributed by atoms with Gasteiger partial charge >= 0.3 is 6.36 Å². The van der Waals surface area contributed by atoms with E-state index in [0.717, 1.165) is 6.42 Å². The van der Waals surface area contributed by atoms with E-state index in [-0.39, 0.29) is 11.3 Å². The number of ether oxygens (including phenoxy) is 2. The molecular formula is C13H12F3NO2. The molecular weight excluding hydrogens is 259 g/mol. The highest BCUT2D eigenvalue weighted by atomic mass is 19.4. The van der Waals surface area contributed by atoms with Gasteiger partial charge in [-0.2, -0.15) is 5.26 Å². The molecule has 1 saturated heterocycles. The first-order valence-electron chi connectivity index (χ1n) is 5.87. The lowest BCUT2D eigenvalue weighted by atomic mass is 9.90. The molecule has 1 heterocycles. The van der Waals surface area contributed by atoms with E-state index in [9.17, 15) is 13.2 Å². The predicted molar refractivity (Wildman–Crippen MR) is 60.2 cm³/mol. The maximum Gasteiger partial charge on any atom is 0.573 e. The lowest BCUT2D eigenvalue weighted by Gasteiger charge is -2.28. The summed E-state index contributed by atoms with van der Waals surface area (Å²) in [6, 6.07) is 7.87. The third kappa shape index (κ3) is 3.38. The molecule has 1 aliphatic rings. The zero-order valence-electron chi connectivity index (χ0n) is 9.98. The topological polar surface area (TPSA) is 42.2 Å². The second-order valence-corrected chi connectivity index (χ2v) is 4.25. The van der Waals surface area contributed by atoms with Crippen LogP contribution in [0.15, 0.2) is 24.3 Å². The number of nitriles is 1. The Morgan fingerprint density at radius 1 is 1.32 bits per heavy atom.